The Balaban J connectivity index is 2.26. The number of ether oxygens (including phenoxy) is 1. The van der Waals surface area contributed by atoms with Gasteiger partial charge in [-0.25, -0.2) is 8.42 Å². The second-order valence-electron chi connectivity index (χ2n) is 5.11. The molecule has 1 N–H and O–H groups in total. The summed E-state index contributed by atoms with van der Waals surface area (Å²) in [4.78, 5) is 11.9. The molecule has 0 saturated carbocycles. The summed E-state index contributed by atoms with van der Waals surface area (Å²) >= 11 is 6.00. The van der Waals surface area contributed by atoms with Crippen LogP contribution in [0.1, 0.15) is 12.8 Å². The highest BCUT2D eigenvalue weighted by Gasteiger charge is 2.33. The van der Waals surface area contributed by atoms with Crippen LogP contribution in [-0.2, 0) is 14.8 Å². The number of amides is 1. The van der Waals surface area contributed by atoms with E-state index in [1.165, 1.54) is 29.6 Å². The van der Waals surface area contributed by atoms with Crippen molar-refractivity contribution in [3.05, 3.63) is 23.2 Å². The lowest BCUT2D eigenvalue weighted by atomic mass is 9.99. The van der Waals surface area contributed by atoms with Gasteiger partial charge in [0.05, 0.1) is 22.9 Å². The Labute approximate surface area is 135 Å². The number of carbonyl (C=O) groups excluding carboxylic acids is 1. The molecule has 0 aliphatic carbocycles. The number of benzene rings is 1. The summed E-state index contributed by atoms with van der Waals surface area (Å²) in [5.74, 6) is -0.0302. The first kappa shape index (κ1) is 17.1. The van der Waals surface area contributed by atoms with Crippen LogP contribution in [-0.4, -0.2) is 45.9 Å². The van der Waals surface area contributed by atoms with Gasteiger partial charge in [0.2, 0.25) is 15.9 Å². The largest absolute Gasteiger partial charge is 0.495 e. The van der Waals surface area contributed by atoms with Crippen molar-refractivity contribution in [2.75, 3.05) is 27.2 Å². The number of carbonyl (C=O) groups is 1. The molecule has 8 heteroatoms. The monoisotopic (exact) mass is 346 g/mol. The highest BCUT2D eigenvalue weighted by Crippen LogP contribution is 2.30. The molecule has 2 rings (SSSR count). The molecule has 1 aromatic rings. The van der Waals surface area contributed by atoms with Gasteiger partial charge in [0, 0.05) is 20.1 Å². The Hall–Kier alpha value is -1.31. The first-order valence-electron chi connectivity index (χ1n) is 6.95. The van der Waals surface area contributed by atoms with Gasteiger partial charge in [-0.15, -0.1) is 0 Å². The van der Waals surface area contributed by atoms with Crippen molar-refractivity contribution in [2.45, 2.75) is 17.7 Å². The highest BCUT2D eigenvalue weighted by molar-refractivity contribution is 7.89. The first-order chi connectivity index (χ1) is 10.4. The minimum absolute atomic E-state index is 0.107. The van der Waals surface area contributed by atoms with Crippen LogP contribution >= 0.6 is 11.6 Å². The molecule has 0 spiro atoms. The van der Waals surface area contributed by atoms with E-state index < -0.39 is 10.0 Å². The summed E-state index contributed by atoms with van der Waals surface area (Å²) in [5.41, 5.74) is 0. The summed E-state index contributed by atoms with van der Waals surface area (Å²) < 4.78 is 31.8. The number of methoxy groups -OCH3 is 1. The fourth-order valence-electron chi connectivity index (χ4n) is 2.54. The van der Waals surface area contributed by atoms with Crippen LogP contribution in [0.2, 0.25) is 5.02 Å². The van der Waals surface area contributed by atoms with Crippen LogP contribution in [0, 0.1) is 5.92 Å². The van der Waals surface area contributed by atoms with Crippen molar-refractivity contribution in [2.24, 2.45) is 5.92 Å². The average molecular weight is 347 g/mol. The maximum absolute atomic E-state index is 12.7. The van der Waals surface area contributed by atoms with E-state index in [9.17, 15) is 13.2 Å². The van der Waals surface area contributed by atoms with Crippen molar-refractivity contribution in [3.63, 3.8) is 0 Å². The molecule has 6 nitrogen and oxygen atoms in total. The summed E-state index contributed by atoms with van der Waals surface area (Å²) in [7, 11) is -0.650. The van der Waals surface area contributed by atoms with E-state index in [-0.39, 0.29) is 28.3 Å². The topological polar surface area (TPSA) is 75.7 Å². The fraction of sp³-hybridized carbons (Fsp3) is 0.500. The van der Waals surface area contributed by atoms with Crippen LogP contribution in [0.3, 0.4) is 0 Å². The zero-order chi connectivity index (χ0) is 16.3. The number of hydrogen-bond donors (Lipinski definition) is 1. The van der Waals surface area contributed by atoms with Gasteiger partial charge in [-0.3, -0.25) is 4.79 Å². The zero-order valence-corrected chi connectivity index (χ0v) is 14.1. The lowest BCUT2D eigenvalue weighted by Gasteiger charge is -2.31. The molecule has 0 bridgehead atoms. The van der Waals surface area contributed by atoms with Crippen molar-refractivity contribution in [3.8, 4) is 5.75 Å². The fourth-order valence-corrected chi connectivity index (χ4v) is 4.41. The Morgan fingerprint density at radius 2 is 2.18 bits per heavy atom. The Morgan fingerprint density at radius 3 is 2.77 bits per heavy atom. The highest BCUT2D eigenvalue weighted by atomic mass is 35.5. The second kappa shape index (κ2) is 6.85. The minimum atomic E-state index is -3.67. The average Bonchev–Trinajstić information content (AvgIpc) is 2.54. The molecule has 0 radical (unpaired) electrons. The third kappa shape index (κ3) is 3.37. The van der Waals surface area contributed by atoms with Gasteiger partial charge in [-0.2, -0.15) is 4.31 Å². The molecule has 1 aliphatic rings. The van der Waals surface area contributed by atoms with Crippen molar-refractivity contribution in [1.82, 2.24) is 9.62 Å². The standard InChI is InChI=1S/C14H19ClN2O4S/c1-16-14(18)10-4-3-7-17(9-10)22(19,20)11-5-6-13(21-2)12(15)8-11/h5-6,8,10H,3-4,7,9H2,1-2H3,(H,16,18)/t10-/m1/s1. The van der Waals surface area contributed by atoms with Crippen molar-refractivity contribution in [1.29, 1.82) is 0 Å². The number of rotatable bonds is 4. The maximum Gasteiger partial charge on any atom is 0.243 e. The lowest BCUT2D eigenvalue weighted by molar-refractivity contribution is -0.125. The third-order valence-corrected chi connectivity index (χ3v) is 5.92. The molecule has 1 aliphatic heterocycles. The predicted octanol–water partition coefficient (Wildman–Crippen LogP) is 1.50. The van der Waals surface area contributed by atoms with Gasteiger partial charge in [0.25, 0.3) is 0 Å². The van der Waals surface area contributed by atoms with Gasteiger partial charge in [0.15, 0.2) is 0 Å². The smallest absolute Gasteiger partial charge is 0.243 e. The molecule has 0 aromatic heterocycles. The molecule has 1 saturated heterocycles. The molecular weight excluding hydrogens is 328 g/mol. The summed E-state index contributed by atoms with van der Waals surface area (Å²) in [6.07, 6.45) is 1.34. The Morgan fingerprint density at radius 1 is 1.45 bits per heavy atom. The number of hydrogen-bond acceptors (Lipinski definition) is 4. The SMILES string of the molecule is CNC(=O)[C@@H]1CCCN(S(=O)(=O)c2ccc(OC)c(Cl)c2)C1. The van der Waals surface area contributed by atoms with Crippen LogP contribution < -0.4 is 10.1 Å². The lowest BCUT2D eigenvalue weighted by Crippen LogP contribution is -2.44. The summed E-state index contributed by atoms with van der Waals surface area (Å²) in [6.45, 7) is 0.588. The van der Waals surface area contributed by atoms with Crippen molar-refractivity contribution < 1.29 is 17.9 Å². The normalized spacial score (nSPS) is 19.7. The predicted molar refractivity (Wildman–Crippen MR) is 83.6 cm³/mol. The van der Waals surface area contributed by atoms with Gasteiger partial charge in [0.1, 0.15) is 5.75 Å². The number of sulfonamides is 1. The van der Waals surface area contributed by atoms with E-state index in [0.29, 0.717) is 25.1 Å². The number of nitrogens with one attached hydrogen (secondary N) is 1. The van der Waals surface area contributed by atoms with Gasteiger partial charge in [-0.05, 0) is 31.0 Å². The Kier molecular flexibility index (Phi) is 5.31. The first-order valence-corrected chi connectivity index (χ1v) is 8.77. The van der Waals surface area contributed by atoms with Gasteiger partial charge >= 0.3 is 0 Å². The summed E-state index contributed by atoms with van der Waals surface area (Å²) in [6, 6.07) is 4.36. The molecule has 1 fully saturated rings. The molecule has 122 valence electrons. The van der Waals surface area contributed by atoms with E-state index >= 15 is 0 Å². The van der Waals surface area contributed by atoms with E-state index in [2.05, 4.69) is 5.32 Å². The number of nitrogens with zero attached hydrogens (tertiary/aromatic N) is 1. The minimum Gasteiger partial charge on any atom is -0.495 e. The molecule has 1 heterocycles. The number of halogens is 1. The molecule has 0 unspecified atom stereocenters. The van der Waals surface area contributed by atoms with Gasteiger partial charge < -0.3 is 10.1 Å². The summed E-state index contributed by atoms with van der Waals surface area (Å²) in [5, 5.41) is 2.81. The van der Waals surface area contributed by atoms with E-state index in [1.54, 1.807) is 7.05 Å². The third-order valence-electron chi connectivity index (χ3n) is 3.76. The van der Waals surface area contributed by atoms with Crippen LogP contribution in [0.15, 0.2) is 23.1 Å². The van der Waals surface area contributed by atoms with E-state index in [4.69, 9.17) is 16.3 Å². The van der Waals surface area contributed by atoms with E-state index in [1.807, 2.05) is 0 Å². The molecule has 22 heavy (non-hydrogen) atoms. The molecular formula is C14H19ClN2O4S. The zero-order valence-electron chi connectivity index (χ0n) is 12.5. The molecule has 1 atom stereocenters. The van der Waals surface area contributed by atoms with Crippen LogP contribution in [0.4, 0.5) is 0 Å². The van der Waals surface area contributed by atoms with Crippen LogP contribution in [0.5, 0.6) is 5.75 Å². The molecule has 1 aromatic carbocycles. The van der Waals surface area contributed by atoms with Crippen molar-refractivity contribution >= 4 is 27.5 Å². The molecule has 1 amide bonds. The van der Waals surface area contributed by atoms with Crippen LogP contribution in [0.25, 0.3) is 0 Å². The quantitative estimate of drug-likeness (QED) is 0.896. The van der Waals surface area contributed by atoms with E-state index in [0.717, 1.165) is 0 Å². The van der Waals surface area contributed by atoms with Gasteiger partial charge in [-0.1, -0.05) is 11.6 Å². The second-order valence-corrected chi connectivity index (χ2v) is 7.46. The maximum atomic E-state index is 12.7. The number of piperidine rings is 1. The Bertz CT molecular complexity index is 663.